The molecule has 0 unspecified atom stereocenters. The predicted octanol–water partition coefficient (Wildman–Crippen LogP) is 0.0758. The molecule has 0 atom stereocenters. The molecule has 18 heavy (non-hydrogen) atoms. The van der Waals surface area contributed by atoms with Gasteiger partial charge in [-0.1, -0.05) is 0 Å². The third-order valence-electron chi connectivity index (χ3n) is 2.40. The standard InChI is InChI=1S/C11H12N4O3/c1-15(6-7-4-12-13-5-7)11(18)8-2-9(16)14-10(17)3-8/h2-5H,6H2,1H3,(H,12,13)(H2,14,16,17). The second-order valence-electron chi connectivity index (χ2n) is 3.89. The summed E-state index contributed by atoms with van der Waals surface area (Å²) in [6, 6.07) is 2.36. The largest absolute Gasteiger partial charge is 0.494 e. The van der Waals surface area contributed by atoms with Crippen LogP contribution in [0.25, 0.3) is 0 Å². The smallest absolute Gasteiger partial charge is 0.254 e. The Morgan fingerprint density at radius 3 is 2.89 bits per heavy atom. The quantitative estimate of drug-likeness (QED) is 0.715. The van der Waals surface area contributed by atoms with Crippen molar-refractivity contribution < 1.29 is 9.90 Å². The number of carbonyl (C=O) groups excluding carboxylic acids is 1. The van der Waals surface area contributed by atoms with Crippen LogP contribution in [0.2, 0.25) is 0 Å². The molecule has 2 heterocycles. The Bertz CT molecular complexity index is 603. The Kier molecular flexibility index (Phi) is 3.13. The lowest BCUT2D eigenvalue weighted by Gasteiger charge is -2.15. The first-order chi connectivity index (χ1) is 8.56. The van der Waals surface area contributed by atoms with Crippen molar-refractivity contribution in [1.82, 2.24) is 20.1 Å². The number of rotatable bonds is 3. The van der Waals surface area contributed by atoms with Crippen LogP contribution < -0.4 is 5.56 Å². The molecule has 2 aromatic rings. The zero-order chi connectivity index (χ0) is 13.1. The van der Waals surface area contributed by atoms with Crippen LogP contribution >= 0.6 is 0 Å². The number of hydrogen-bond donors (Lipinski definition) is 3. The Morgan fingerprint density at radius 2 is 2.28 bits per heavy atom. The molecular weight excluding hydrogens is 236 g/mol. The summed E-state index contributed by atoms with van der Waals surface area (Å²) in [6.07, 6.45) is 3.29. The van der Waals surface area contributed by atoms with Crippen molar-refractivity contribution in [2.24, 2.45) is 0 Å². The zero-order valence-corrected chi connectivity index (χ0v) is 9.67. The fraction of sp³-hybridized carbons (Fsp3) is 0.182. The van der Waals surface area contributed by atoms with Gasteiger partial charge < -0.3 is 10.0 Å². The Hall–Kier alpha value is -2.57. The predicted molar refractivity (Wildman–Crippen MR) is 63.1 cm³/mol. The number of aromatic amines is 2. The number of nitrogens with one attached hydrogen (secondary N) is 2. The van der Waals surface area contributed by atoms with Crippen molar-refractivity contribution in [2.45, 2.75) is 6.54 Å². The Morgan fingerprint density at radius 1 is 1.50 bits per heavy atom. The molecule has 2 aromatic heterocycles. The summed E-state index contributed by atoms with van der Waals surface area (Å²) in [6.45, 7) is 0.364. The van der Waals surface area contributed by atoms with Crippen LogP contribution in [0.1, 0.15) is 15.9 Å². The van der Waals surface area contributed by atoms with Gasteiger partial charge in [-0.2, -0.15) is 5.10 Å². The highest BCUT2D eigenvalue weighted by atomic mass is 16.3. The summed E-state index contributed by atoms with van der Waals surface area (Å²) in [4.78, 5) is 26.8. The summed E-state index contributed by atoms with van der Waals surface area (Å²) >= 11 is 0. The van der Waals surface area contributed by atoms with E-state index in [-0.39, 0.29) is 17.4 Å². The van der Waals surface area contributed by atoms with E-state index < -0.39 is 5.56 Å². The third-order valence-corrected chi connectivity index (χ3v) is 2.40. The number of aromatic hydroxyl groups is 1. The van der Waals surface area contributed by atoms with E-state index in [0.29, 0.717) is 6.54 Å². The van der Waals surface area contributed by atoms with E-state index in [1.165, 1.54) is 11.0 Å². The second kappa shape index (κ2) is 4.74. The van der Waals surface area contributed by atoms with Gasteiger partial charge in [0.2, 0.25) is 0 Å². The fourth-order valence-corrected chi connectivity index (χ4v) is 1.58. The molecule has 0 saturated heterocycles. The molecular formula is C11H12N4O3. The van der Waals surface area contributed by atoms with Gasteiger partial charge in [0.25, 0.3) is 11.5 Å². The Balaban J connectivity index is 2.17. The summed E-state index contributed by atoms with van der Waals surface area (Å²) in [5.74, 6) is -0.680. The molecule has 0 aliphatic heterocycles. The Labute approximate surface area is 102 Å². The molecule has 7 nitrogen and oxygen atoms in total. The minimum absolute atomic E-state index is 0.141. The first-order valence-corrected chi connectivity index (χ1v) is 5.22. The van der Waals surface area contributed by atoms with Crippen molar-refractivity contribution >= 4 is 5.91 Å². The maximum absolute atomic E-state index is 12.0. The van der Waals surface area contributed by atoms with Gasteiger partial charge in [0, 0.05) is 37.5 Å². The molecule has 0 spiro atoms. The number of pyridine rings is 1. The molecule has 2 rings (SSSR count). The SMILES string of the molecule is CN(Cc1cn[nH]c1)C(=O)c1cc(O)[nH]c(=O)c1. The van der Waals surface area contributed by atoms with E-state index in [2.05, 4.69) is 15.2 Å². The van der Waals surface area contributed by atoms with Gasteiger partial charge in [0.05, 0.1) is 11.8 Å². The van der Waals surface area contributed by atoms with Crippen LogP contribution in [0.15, 0.2) is 29.3 Å². The number of amides is 1. The summed E-state index contributed by atoms with van der Waals surface area (Å²) in [5, 5.41) is 15.7. The van der Waals surface area contributed by atoms with Gasteiger partial charge in [-0.05, 0) is 0 Å². The molecule has 0 aliphatic carbocycles. The molecule has 0 fully saturated rings. The second-order valence-corrected chi connectivity index (χ2v) is 3.89. The molecule has 1 amide bonds. The minimum Gasteiger partial charge on any atom is -0.494 e. The van der Waals surface area contributed by atoms with Crippen molar-refractivity contribution in [2.75, 3.05) is 7.05 Å². The molecule has 3 N–H and O–H groups in total. The summed E-state index contributed by atoms with van der Waals surface area (Å²) < 4.78 is 0. The molecule has 0 saturated carbocycles. The monoisotopic (exact) mass is 248 g/mol. The first kappa shape index (κ1) is 11.9. The molecule has 94 valence electrons. The first-order valence-electron chi connectivity index (χ1n) is 5.22. The van der Waals surface area contributed by atoms with Crippen molar-refractivity contribution in [3.8, 4) is 5.88 Å². The maximum Gasteiger partial charge on any atom is 0.254 e. The van der Waals surface area contributed by atoms with Gasteiger partial charge in [0.1, 0.15) is 0 Å². The summed E-state index contributed by atoms with van der Waals surface area (Å²) in [7, 11) is 1.60. The van der Waals surface area contributed by atoms with E-state index in [4.69, 9.17) is 0 Å². The average Bonchev–Trinajstić information content (AvgIpc) is 2.79. The van der Waals surface area contributed by atoms with E-state index in [9.17, 15) is 14.7 Å². The van der Waals surface area contributed by atoms with Crippen molar-refractivity contribution in [3.05, 3.63) is 46.0 Å². The molecule has 0 aliphatic rings. The average molecular weight is 248 g/mol. The molecule has 0 bridgehead atoms. The number of H-pyrrole nitrogens is 2. The van der Waals surface area contributed by atoms with E-state index in [0.717, 1.165) is 11.6 Å². The van der Waals surface area contributed by atoms with Crippen LogP contribution in [0, 0.1) is 0 Å². The lowest BCUT2D eigenvalue weighted by molar-refractivity contribution is 0.0784. The number of carbonyl (C=O) groups is 1. The molecule has 7 heteroatoms. The highest BCUT2D eigenvalue weighted by molar-refractivity contribution is 5.94. The van der Waals surface area contributed by atoms with E-state index in [1.54, 1.807) is 19.4 Å². The number of nitrogens with zero attached hydrogens (tertiary/aromatic N) is 2. The van der Waals surface area contributed by atoms with Crippen LogP contribution in [0.4, 0.5) is 0 Å². The fourth-order valence-electron chi connectivity index (χ4n) is 1.58. The minimum atomic E-state index is -0.518. The third kappa shape index (κ3) is 2.57. The van der Waals surface area contributed by atoms with Gasteiger partial charge in [-0.25, -0.2) is 0 Å². The lowest BCUT2D eigenvalue weighted by atomic mass is 10.2. The van der Waals surface area contributed by atoms with Crippen molar-refractivity contribution in [1.29, 1.82) is 0 Å². The van der Waals surface area contributed by atoms with Crippen LogP contribution in [-0.2, 0) is 6.54 Å². The molecule has 0 aromatic carbocycles. The lowest BCUT2D eigenvalue weighted by Crippen LogP contribution is -2.27. The van der Waals surface area contributed by atoms with Crippen LogP contribution in [-0.4, -0.2) is 38.1 Å². The van der Waals surface area contributed by atoms with E-state index >= 15 is 0 Å². The molecule has 0 radical (unpaired) electrons. The van der Waals surface area contributed by atoms with Gasteiger partial charge in [-0.3, -0.25) is 19.7 Å². The normalized spacial score (nSPS) is 10.3. The van der Waals surface area contributed by atoms with Gasteiger partial charge in [-0.15, -0.1) is 0 Å². The van der Waals surface area contributed by atoms with Crippen molar-refractivity contribution in [3.63, 3.8) is 0 Å². The van der Waals surface area contributed by atoms with Crippen LogP contribution in [0.3, 0.4) is 0 Å². The summed E-state index contributed by atoms with van der Waals surface area (Å²) in [5.41, 5.74) is 0.470. The van der Waals surface area contributed by atoms with Crippen LogP contribution in [0.5, 0.6) is 5.88 Å². The zero-order valence-electron chi connectivity index (χ0n) is 9.67. The maximum atomic E-state index is 12.0. The number of aromatic nitrogens is 3. The van der Waals surface area contributed by atoms with Gasteiger partial charge in [0.15, 0.2) is 5.88 Å². The van der Waals surface area contributed by atoms with Gasteiger partial charge >= 0.3 is 0 Å². The topological polar surface area (TPSA) is 102 Å². The van der Waals surface area contributed by atoms with E-state index in [1.807, 2.05) is 0 Å². The highest BCUT2D eigenvalue weighted by Crippen LogP contribution is 2.09. The highest BCUT2D eigenvalue weighted by Gasteiger charge is 2.14. The number of hydrogen-bond acceptors (Lipinski definition) is 4.